The Morgan fingerprint density at radius 3 is 2.69 bits per heavy atom. The summed E-state index contributed by atoms with van der Waals surface area (Å²) in [5, 5.41) is 4.83. The highest BCUT2D eigenvalue weighted by atomic mass is 79.9. The van der Waals surface area contributed by atoms with E-state index >= 15 is 0 Å². The van der Waals surface area contributed by atoms with Gasteiger partial charge in [-0.3, -0.25) is 10.1 Å². The molecule has 1 rings (SSSR count). The van der Waals surface area contributed by atoms with Crippen molar-refractivity contribution in [3.63, 3.8) is 0 Å². The fraction of sp³-hybridized carbons (Fsp3) is 0.200. The van der Waals surface area contributed by atoms with Gasteiger partial charge in [0.15, 0.2) is 0 Å². The molecule has 0 unspecified atom stereocenters. The highest BCUT2D eigenvalue weighted by Gasteiger charge is 2.04. The Hall–Kier alpha value is -1.56. The molecule has 1 aromatic rings. The van der Waals surface area contributed by atoms with Crippen LogP contribution in [0.1, 0.15) is 5.56 Å². The average molecular weight is 286 g/mol. The number of hydrogen-bond donors (Lipinski definition) is 3. The maximum Gasteiger partial charge on any atom is 0.318 e. The number of nitrogens with one attached hydrogen (secondary N) is 2. The third kappa shape index (κ3) is 3.90. The predicted molar refractivity (Wildman–Crippen MR) is 65.1 cm³/mol. The maximum atomic E-state index is 11.1. The van der Waals surface area contributed by atoms with Crippen molar-refractivity contribution in [2.24, 2.45) is 5.73 Å². The molecule has 16 heavy (non-hydrogen) atoms. The van der Waals surface area contributed by atoms with Gasteiger partial charge in [0, 0.05) is 10.2 Å². The molecule has 0 heterocycles. The SMILES string of the molecule is Cc1ccc(NCC(=O)NC(N)=O)cc1Br. The quantitative estimate of drug-likeness (QED) is 0.784. The number of nitrogens with two attached hydrogens (primary N) is 1. The van der Waals surface area contributed by atoms with Crippen LogP contribution < -0.4 is 16.4 Å². The molecule has 4 N–H and O–H groups in total. The minimum absolute atomic E-state index is 0.00155. The second-order valence-electron chi connectivity index (χ2n) is 3.23. The van der Waals surface area contributed by atoms with Crippen LogP contribution in [0.15, 0.2) is 22.7 Å². The number of hydrogen-bond acceptors (Lipinski definition) is 3. The van der Waals surface area contributed by atoms with Gasteiger partial charge in [0.1, 0.15) is 0 Å². The summed E-state index contributed by atoms with van der Waals surface area (Å²) < 4.78 is 0.952. The lowest BCUT2D eigenvalue weighted by atomic mass is 10.2. The van der Waals surface area contributed by atoms with Crippen molar-refractivity contribution in [3.8, 4) is 0 Å². The Morgan fingerprint density at radius 1 is 1.44 bits per heavy atom. The van der Waals surface area contributed by atoms with E-state index in [0.29, 0.717) is 0 Å². The average Bonchev–Trinajstić information content (AvgIpc) is 2.19. The number of amides is 3. The molecule has 0 atom stereocenters. The van der Waals surface area contributed by atoms with Crippen LogP contribution in [0.3, 0.4) is 0 Å². The van der Waals surface area contributed by atoms with Crippen LogP contribution in [0.25, 0.3) is 0 Å². The lowest BCUT2D eigenvalue weighted by Crippen LogP contribution is -2.38. The highest BCUT2D eigenvalue weighted by molar-refractivity contribution is 9.10. The van der Waals surface area contributed by atoms with Crippen molar-refractivity contribution >= 4 is 33.6 Å². The third-order valence-electron chi connectivity index (χ3n) is 1.89. The number of carbonyl (C=O) groups is 2. The normalized spacial score (nSPS) is 9.62. The predicted octanol–water partition coefficient (Wildman–Crippen LogP) is 1.36. The first-order valence-corrected chi connectivity index (χ1v) is 5.37. The highest BCUT2D eigenvalue weighted by Crippen LogP contribution is 2.20. The lowest BCUT2D eigenvalue weighted by molar-refractivity contribution is -0.118. The van der Waals surface area contributed by atoms with Gasteiger partial charge in [-0.15, -0.1) is 0 Å². The van der Waals surface area contributed by atoms with E-state index in [1.165, 1.54) is 0 Å². The Kier molecular flexibility index (Phi) is 4.30. The van der Waals surface area contributed by atoms with Crippen LogP contribution in [-0.4, -0.2) is 18.5 Å². The topological polar surface area (TPSA) is 84.2 Å². The fourth-order valence-electron chi connectivity index (χ4n) is 1.07. The van der Waals surface area contributed by atoms with E-state index < -0.39 is 11.9 Å². The summed E-state index contributed by atoms with van der Waals surface area (Å²) in [6, 6.07) is 4.76. The Morgan fingerprint density at radius 2 is 2.12 bits per heavy atom. The van der Waals surface area contributed by atoms with Crippen molar-refractivity contribution in [3.05, 3.63) is 28.2 Å². The minimum atomic E-state index is -0.850. The zero-order valence-corrected chi connectivity index (χ0v) is 10.3. The summed E-state index contributed by atoms with van der Waals surface area (Å²) in [4.78, 5) is 21.5. The number of halogens is 1. The number of aryl methyl sites for hydroxylation is 1. The van der Waals surface area contributed by atoms with E-state index in [2.05, 4.69) is 21.2 Å². The van der Waals surface area contributed by atoms with Crippen molar-refractivity contribution in [2.45, 2.75) is 6.92 Å². The molecule has 0 aliphatic heterocycles. The zero-order valence-electron chi connectivity index (χ0n) is 8.71. The van der Waals surface area contributed by atoms with E-state index in [1.54, 1.807) is 0 Å². The monoisotopic (exact) mass is 285 g/mol. The summed E-state index contributed by atoms with van der Waals surface area (Å²) in [5.41, 5.74) is 6.69. The Labute approximate surface area is 102 Å². The molecule has 0 saturated carbocycles. The van der Waals surface area contributed by atoms with Gasteiger partial charge in [-0.05, 0) is 24.6 Å². The molecule has 3 amide bonds. The number of benzene rings is 1. The molecule has 86 valence electrons. The van der Waals surface area contributed by atoms with Crippen LogP contribution in [-0.2, 0) is 4.79 Å². The van der Waals surface area contributed by atoms with E-state index in [0.717, 1.165) is 15.7 Å². The summed E-state index contributed by atoms with van der Waals surface area (Å²) >= 11 is 3.38. The molecule has 0 radical (unpaired) electrons. The number of anilines is 1. The molecule has 0 saturated heterocycles. The number of rotatable bonds is 3. The summed E-state index contributed by atoms with van der Waals surface area (Å²) in [7, 11) is 0. The first kappa shape index (κ1) is 12.5. The third-order valence-corrected chi connectivity index (χ3v) is 2.74. The molecule has 0 fully saturated rings. The molecular formula is C10H12BrN3O2. The van der Waals surface area contributed by atoms with Crippen molar-refractivity contribution in [1.29, 1.82) is 0 Å². The Bertz CT molecular complexity index is 421. The fourth-order valence-corrected chi connectivity index (χ4v) is 1.45. The molecule has 0 aliphatic rings. The summed E-state index contributed by atoms with van der Waals surface area (Å²) in [6.45, 7) is 1.96. The van der Waals surface area contributed by atoms with Crippen molar-refractivity contribution < 1.29 is 9.59 Å². The van der Waals surface area contributed by atoms with Crippen LogP contribution in [0.4, 0.5) is 10.5 Å². The van der Waals surface area contributed by atoms with Gasteiger partial charge < -0.3 is 11.1 Å². The van der Waals surface area contributed by atoms with E-state index in [-0.39, 0.29) is 6.54 Å². The maximum absolute atomic E-state index is 11.1. The molecule has 5 nitrogen and oxygen atoms in total. The molecular weight excluding hydrogens is 274 g/mol. The van der Waals surface area contributed by atoms with Crippen LogP contribution in [0.5, 0.6) is 0 Å². The second-order valence-corrected chi connectivity index (χ2v) is 4.08. The van der Waals surface area contributed by atoms with E-state index in [4.69, 9.17) is 5.73 Å². The van der Waals surface area contributed by atoms with Gasteiger partial charge in [-0.1, -0.05) is 22.0 Å². The zero-order chi connectivity index (χ0) is 12.1. The number of urea groups is 1. The minimum Gasteiger partial charge on any atom is -0.376 e. The van der Waals surface area contributed by atoms with Gasteiger partial charge in [-0.2, -0.15) is 0 Å². The summed E-state index contributed by atoms with van der Waals surface area (Å²) in [6.07, 6.45) is 0. The van der Waals surface area contributed by atoms with Crippen molar-refractivity contribution in [2.75, 3.05) is 11.9 Å². The van der Waals surface area contributed by atoms with Gasteiger partial charge in [0.25, 0.3) is 0 Å². The number of primary amides is 1. The van der Waals surface area contributed by atoms with Gasteiger partial charge in [0.2, 0.25) is 5.91 Å². The molecule has 0 bridgehead atoms. The second kappa shape index (κ2) is 5.50. The number of carbonyl (C=O) groups excluding carboxylic acids is 2. The summed E-state index contributed by atoms with van der Waals surface area (Å²) in [5.74, 6) is -0.468. The number of imide groups is 1. The largest absolute Gasteiger partial charge is 0.376 e. The van der Waals surface area contributed by atoms with Crippen LogP contribution in [0.2, 0.25) is 0 Å². The van der Waals surface area contributed by atoms with E-state index in [9.17, 15) is 9.59 Å². The Balaban J connectivity index is 2.51. The van der Waals surface area contributed by atoms with E-state index in [1.807, 2.05) is 30.4 Å². The van der Waals surface area contributed by atoms with Gasteiger partial charge in [-0.25, -0.2) is 4.79 Å². The molecule has 0 spiro atoms. The molecule has 6 heteroatoms. The standard InChI is InChI=1S/C10H12BrN3O2/c1-6-2-3-7(4-8(6)11)13-5-9(15)14-10(12)16/h2-4,13H,5H2,1H3,(H3,12,14,15,16). The first-order chi connectivity index (χ1) is 7.49. The van der Waals surface area contributed by atoms with Gasteiger partial charge >= 0.3 is 6.03 Å². The first-order valence-electron chi connectivity index (χ1n) is 4.58. The molecule has 1 aromatic carbocycles. The molecule has 0 aliphatic carbocycles. The van der Waals surface area contributed by atoms with Crippen molar-refractivity contribution in [1.82, 2.24) is 5.32 Å². The van der Waals surface area contributed by atoms with Gasteiger partial charge in [0.05, 0.1) is 6.54 Å². The smallest absolute Gasteiger partial charge is 0.318 e. The van der Waals surface area contributed by atoms with Crippen LogP contribution >= 0.6 is 15.9 Å². The van der Waals surface area contributed by atoms with Crippen LogP contribution in [0, 0.1) is 6.92 Å². The lowest BCUT2D eigenvalue weighted by Gasteiger charge is -2.07. The molecule has 0 aromatic heterocycles.